The number of carbonyl (C=O) groups is 2. The molecule has 86 heavy (non-hydrogen) atoms. The van der Waals surface area contributed by atoms with Gasteiger partial charge in [-0.25, -0.2) is 4.98 Å². The van der Waals surface area contributed by atoms with Gasteiger partial charge in [-0.15, -0.1) is 0 Å². The minimum absolute atomic E-state index is 0.0761. The van der Waals surface area contributed by atoms with Gasteiger partial charge in [0, 0.05) is 97.4 Å². The smallest absolute Gasteiger partial charge is 0.294 e. The molecule has 1 aromatic heterocycles. The molecule has 3 aliphatic heterocycles. The van der Waals surface area contributed by atoms with Gasteiger partial charge in [-0.2, -0.15) is 26.4 Å². The number of hydrogen-bond acceptors (Lipinski definition) is 15. The summed E-state index contributed by atoms with van der Waals surface area (Å²) >= 11 is 0. The third-order valence-corrected chi connectivity index (χ3v) is 18.1. The summed E-state index contributed by atoms with van der Waals surface area (Å²) in [6, 6.07) is 29.1. The van der Waals surface area contributed by atoms with Crippen LogP contribution in [0.2, 0.25) is 0 Å². The predicted octanol–water partition coefficient (Wildman–Crippen LogP) is 9.15. The zero-order valence-electron chi connectivity index (χ0n) is 49.6. The zero-order chi connectivity index (χ0) is 61.7. The summed E-state index contributed by atoms with van der Waals surface area (Å²) in [5, 5.41) is 3.59. The molecule has 20 nitrogen and oxygen atoms in total. The van der Waals surface area contributed by atoms with Crippen molar-refractivity contribution in [2.24, 2.45) is 5.73 Å². The van der Waals surface area contributed by atoms with Gasteiger partial charge >= 0.3 is 0 Å². The molecule has 1 unspecified atom stereocenters. The lowest BCUT2D eigenvalue weighted by Gasteiger charge is -2.42. The lowest BCUT2D eigenvalue weighted by atomic mass is 9.81. The van der Waals surface area contributed by atoms with E-state index in [2.05, 4.69) is 14.8 Å². The van der Waals surface area contributed by atoms with E-state index in [-0.39, 0.29) is 47.0 Å². The first-order chi connectivity index (χ1) is 40.9. The molecule has 0 radical (unpaired) electrons. The molecule has 5 aromatic carbocycles. The number of hydrogen-bond donors (Lipinski definition) is 5. The Kier molecular flexibility index (Phi) is 18.7. The molecule has 3 aliphatic rings. The number of nitrogen functional groups attached to an aromatic ring is 1. The SMILES string of the molecule is CCN1/C(=C/C=C/C=C/C2=[N+](CCCCCC(=O)NCCOc3cccc(C4CN(C(=O)C[C@@H](N)c5ccccc5)CCN4c4nc(N)c5cc(OC)c(OC)cc5n4)c3)c3ccc(S(=O)(=O)O)cc3C2(C)C)C(C)(C)c2cc(S(=O)(=O)O)ccc21. The second-order valence-corrected chi connectivity index (χ2v) is 25.5. The molecule has 0 saturated carbocycles. The van der Waals surface area contributed by atoms with Crippen molar-refractivity contribution in [3.05, 3.63) is 161 Å². The van der Waals surface area contributed by atoms with Crippen LogP contribution in [0.3, 0.4) is 0 Å². The molecule has 6 aromatic rings. The van der Waals surface area contributed by atoms with Gasteiger partial charge in [-0.3, -0.25) is 18.7 Å². The quantitative estimate of drug-likeness (QED) is 0.0173. The topological polar surface area (TPSA) is 273 Å². The number of benzene rings is 5. The van der Waals surface area contributed by atoms with E-state index in [9.17, 15) is 35.5 Å². The number of fused-ring (bicyclic) bond motifs is 3. The second-order valence-electron chi connectivity index (χ2n) is 22.6. The number of nitrogens with one attached hydrogen (secondary N) is 1. The lowest BCUT2D eigenvalue weighted by molar-refractivity contribution is -0.438. The summed E-state index contributed by atoms with van der Waals surface area (Å²) < 4.78 is 87.8. The van der Waals surface area contributed by atoms with E-state index in [1.165, 1.54) is 24.3 Å². The van der Waals surface area contributed by atoms with Crippen molar-refractivity contribution in [2.75, 3.05) is 75.6 Å². The minimum Gasteiger partial charge on any atom is -0.493 e. The maximum absolute atomic E-state index is 13.9. The Labute approximate surface area is 503 Å². The highest BCUT2D eigenvalue weighted by Gasteiger charge is 2.45. The summed E-state index contributed by atoms with van der Waals surface area (Å²) in [7, 11) is -5.75. The molecule has 0 bridgehead atoms. The Morgan fingerprint density at radius 1 is 0.814 bits per heavy atom. The fraction of sp³-hybridized carbons (Fsp3) is 0.359. The van der Waals surface area contributed by atoms with Gasteiger partial charge in [0.2, 0.25) is 23.5 Å². The van der Waals surface area contributed by atoms with Gasteiger partial charge in [-0.05, 0) is 105 Å². The Balaban J connectivity index is 0.825. The van der Waals surface area contributed by atoms with E-state index in [1.54, 1.807) is 38.5 Å². The van der Waals surface area contributed by atoms with Gasteiger partial charge < -0.3 is 45.7 Å². The number of nitrogens with two attached hydrogens (primary N) is 2. The van der Waals surface area contributed by atoms with Crippen LogP contribution >= 0.6 is 0 Å². The van der Waals surface area contributed by atoms with Crippen molar-refractivity contribution in [1.82, 2.24) is 20.2 Å². The van der Waals surface area contributed by atoms with Crippen LogP contribution in [0.4, 0.5) is 23.1 Å². The highest BCUT2D eigenvalue weighted by atomic mass is 32.2. The first-order valence-electron chi connectivity index (χ1n) is 28.7. The number of amides is 2. The van der Waals surface area contributed by atoms with Gasteiger partial charge in [-0.1, -0.05) is 74.5 Å². The number of nitrogens with zero attached hydrogens (tertiary/aromatic N) is 6. The number of piperazine rings is 1. The van der Waals surface area contributed by atoms with E-state index in [0.717, 1.165) is 57.9 Å². The lowest BCUT2D eigenvalue weighted by Crippen LogP contribution is -2.51. The molecule has 0 aliphatic carbocycles. The van der Waals surface area contributed by atoms with Crippen molar-refractivity contribution >= 4 is 71.8 Å². The Hall–Kier alpha value is -8.15. The second kappa shape index (κ2) is 25.8. The van der Waals surface area contributed by atoms with E-state index in [4.69, 9.17) is 35.6 Å². The molecule has 0 spiro atoms. The number of aromatic nitrogens is 2. The Bertz CT molecular complexity index is 3910. The summed E-state index contributed by atoms with van der Waals surface area (Å²) in [5.41, 5.74) is 19.3. The van der Waals surface area contributed by atoms with Crippen LogP contribution in [0.5, 0.6) is 17.2 Å². The van der Waals surface area contributed by atoms with Crippen LogP contribution in [-0.2, 0) is 40.7 Å². The first-order valence-corrected chi connectivity index (χ1v) is 31.6. The monoisotopic (exact) mass is 1210 g/mol. The van der Waals surface area contributed by atoms with Crippen LogP contribution in [-0.4, -0.2) is 123 Å². The molecule has 4 heterocycles. The van der Waals surface area contributed by atoms with Crippen LogP contribution in [0.15, 0.2) is 149 Å². The van der Waals surface area contributed by atoms with Gasteiger partial charge in [0.05, 0.1) is 47.5 Å². The number of rotatable bonds is 23. The molecule has 454 valence electrons. The predicted molar refractivity (Wildman–Crippen MR) is 333 cm³/mol. The highest BCUT2D eigenvalue weighted by molar-refractivity contribution is 7.86. The van der Waals surface area contributed by atoms with Gasteiger partial charge in [0.1, 0.15) is 24.7 Å². The van der Waals surface area contributed by atoms with Crippen molar-refractivity contribution in [2.45, 2.75) is 99.4 Å². The van der Waals surface area contributed by atoms with E-state index < -0.39 is 43.1 Å². The summed E-state index contributed by atoms with van der Waals surface area (Å²) in [6.45, 7) is 12.9. The number of likely N-dealkylation sites (N-methyl/N-ethyl adjacent to an activating group) is 1. The first kappa shape index (κ1) is 62.4. The largest absolute Gasteiger partial charge is 0.493 e. The molecular formula is C64H76N9O11S2+. The Morgan fingerprint density at radius 3 is 2.23 bits per heavy atom. The number of allylic oxidation sites excluding steroid dienone is 6. The molecule has 9 rings (SSSR count). The number of unbranched alkanes of at least 4 members (excludes halogenated alkanes) is 2. The fourth-order valence-electron chi connectivity index (χ4n) is 11.8. The maximum Gasteiger partial charge on any atom is 0.294 e. The minimum atomic E-state index is -4.47. The van der Waals surface area contributed by atoms with Crippen LogP contribution in [0, 0.1) is 0 Å². The third kappa shape index (κ3) is 13.4. The molecule has 2 amide bonds. The normalized spacial score (nSPS) is 17.4. The molecule has 2 atom stereocenters. The van der Waals surface area contributed by atoms with Gasteiger partial charge in [0.25, 0.3) is 20.2 Å². The van der Waals surface area contributed by atoms with E-state index in [1.807, 2.05) is 129 Å². The number of methoxy groups -OCH3 is 2. The van der Waals surface area contributed by atoms with Crippen LogP contribution in [0.1, 0.15) is 101 Å². The summed E-state index contributed by atoms with van der Waals surface area (Å²) in [6.07, 6.45) is 12.3. The number of anilines is 3. The zero-order valence-corrected chi connectivity index (χ0v) is 51.2. The number of carbonyl (C=O) groups excluding carboxylic acids is 2. The van der Waals surface area contributed by atoms with Crippen molar-refractivity contribution in [1.29, 1.82) is 0 Å². The highest BCUT2D eigenvalue weighted by Crippen LogP contribution is 2.49. The summed E-state index contributed by atoms with van der Waals surface area (Å²) in [5.74, 6) is 2.03. The molecule has 7 N–H and O–H groups in total. The standard InChI is InChI=1S/C64H75N9O11S2/c1-8-71-52-28-26-45(85(76,77)78)36-48(52)63(2,3)57(71)23-14-10-15-24-58-64(4,5)49-37-46(86(79,80)81)27-29-53(49)72(58)31-17-11-16-25-59(74)67-30-34-84-44-22-18-21-43(35-44)54-41-70(60(75)39-50(65)42-19-12-9-13-20-42)32-33-73(54)62-68-51-40-56(83-7)55(82-6)38-47(51)61(66)69-62/h9-10,12-15,18-24,26-29,35-38,40,50,54H,8,11,16-17,25,30-34,39,41,65H2,1-7H3,(H4-,66,67,68,69,74,76,77,78,79,80,81)/p+1/t50-,54?/m1/s1. The third-order valence-electron chi connectivity index (χ3n) is 16.4. The van der Waals surface area contributed by atoms with Crippen molar-refractivity contribution < 1.29 is 54.3 Å². The fourth-order valence-corrected chi connectivity index (χ4v) is 12.8. The van der Waals surface area contributed by atoms with E-state index >= 15 is 0 Å². The molecule has 1 fully saturated rings. The van der Waals surface area contributed by atoms with E-state index in [0.29, 0.717) is 79.7 Å². The average Bonchev–Trinajstić information content (AvgIpc) is 1.65. The van der Waals surface area contributed by atoms with Crippen molar-refractivity contribution in [3.63, 3.8) is 0 Å². The Morgan fingerprint density at radius 2 is 1.52 bits per heavy atom. The summed E-state index contributed by atoms with van der Waals surface area (Å²) in [4.78, 5) is 42.4. The van der Waals surface area contributed by atoms with Crippen molar-refractivity contribution in [3.8, 4) is 17.2 Å². The number of ether oxygens (including phenoxy) is 3. The average molecular weight is 1210 g/mol. The van der Waals surface area contributed by atoms with Crippen LogP contribution in [0.25, 0.3) is 10.9 Å². The van der Waals surface area contributed by atoms with Gasteiger partial charge in [0.15, 0.2) is 17.2 Å². The van der Waals surface area contributed by atoms with Crippen LogP contribution < -0.4 is 40.8 Å². The maximum atomic E-state index is 13.9. The molecule has 1 saturated heterocycles. The molecule has 22 heteroatoms. The molecular weight excluding hydrogens is 1130 g/mol.